The molecule has 6 atom stereocenters. The molecule has 1 rings (SSSR count). The summed E-state index contributed by atoms with van der Waals surface area (Å²) in [6.07, 6.45) is -10.6. The molecule has 0 aromatic rings. The first-order chi connectivity index (χ1) is 6.86. The third-order valence-electron chi connectivity index (χ3n) is 2.28. The van der Waals surface area contributed by atoms with E-state index in [9.17, 15) is 19.3 Å². The highest BCUT2D eigenvalue weighted by Gasteiger charge is 2.49. The molecular weight excluding hydrogens is 231 g/mol. The Morgan fingerprint density at radius 2 is 1.07 bits per heavy atom. The minimum Gasteiger partial charge on any atom is -0.387 e. The average molecular weight is 242 g/mol. The molecule has 9 heteroatoms. The predicted molar refractivity (Wildman–Crippen MR) is 43.2 cm³/mol. The molecule has 0 saturated heterocycles. The van der Waals surface area contributed by atoms with Gasteiger partial charge in [0, 0.05) is 0 Å². The number of aliphatic hydroxyl groups excluding tert-OH is 5. The number of aliphatic hydroxyl groups is 5. The van der Waals surface area contributed by atoms with E-state index in [0.717, 1.165) is 0 Å². The lowest BCUT2D eigenvalue weighted by molar-refractivity contribution is -0.216. The fraction of sp³-hybridized carbons (Fsp3) is 1.00. The SMILES string of the molecule is O=P(=O)OC1C(O)[C@H](O)C(O)C(O)[C@@H]1O. The first kappa shape index (κ1) is 12.7. The summed E-state index contributed by atoms with van der Waals surface area (Å²) in [5.41, 5.74) is 0. The summed E-state index contributed by atoms with van der Waals surface area (Å²) in [7, 11) is -3.35. The van der Waals surface area contributed by atoms with Crippen LogP contribution in [0, 0.1) is 0 Å². The van der Waals surface area contributed by atoms with Crippen LogP contribution in [-0.4, -0.2) is 62.2 Å². The van der Waals surface area contributed by atoms with Crippen molar-refractivity contribution >= 4 is 7.91 Å². The van der Waals surface area contributed by atoms with Crippen LogP contribution < -0.4 is 0 Å². The molecule has 0 radical (unpaired) electrons. The zero-order valence-electron chi connectivity index (χ0n) is 7.37. The smallest absolute Gasteiger partial charge is 0.387 e. The van der Waals surface area contributed by atoms with E-state index in [1.54, 1.807) is 0 Å². The van der Waals surface area contributed by atoms with Gasteiger partial charge in [0.1, 0.15) is 36.6 Å². The van der Waals surface area contributed by atoms with E-state index in [4.69, 9.17) is 15.3 Å². The van der Waals surface area contributed by atoms with E-state index in [1.807, 2.05) is 0 Å². The number of hydrogen-bond donors (Lipinski definition) is 5. The van der Waals surface area contributed by atoms with Crippen molar-refractivity contribution in [3.63, 3.8) is 0 Å². The molecule has 88 valence electrons. The highest BCUT2D eigenvalue weighted by atomic mass is 31.1. The summed E-state index contributed by atoms with van der Waals surface area (Å²) in [4.78, 5) is 0. The second-order valence-corrected chi connectivity index (χ2v) is 3.90. The van der Waals surface area contributed by atoms with Gasteiger partial charge in [-0.25, -0.2) is 9.13 Å². The summed E-state index contributed by atoms with van der Waals surface area (Å²) in [6.45, 7) is 0. The van der Waals surface area contributed by atoms with Crippen LogP contribution in [0.5, 0.6) is 0 Å². The minimum atomic E-state index is -3.35. The fourth-order valence-electron chi connectivity index (χ4n) is 1.42. The van der Waals surface area contributed by atoms with Crippen LogP contribution in [0.2, 0.25) is 0 Å². The van der Waals surface area contributed by atoms with Crippen LogP contribution in [0.4, 0.5) is 0 Å². The summed E-state index contributed by atoms with van der Waals surface area (Å²) in [6, 6.07) is 0. The third-order valence-corrected chi connectivity index (χ3v) is 2.70. The Labute approximate surface area is 84.6 Å². The van der Waals surface area contributed by atoms with Gasteiger partial charge in [-0.05, 0) is 0 Å². The second-order valence-electron chi connectivity index (χ2n) is 3.25. The van der Waals surface area contributed by atoms with Gasteiger partial charge >= 0.3 is 7.91 Å². The van der Waals surface area contributed by atoms with Crippen molar-refractivity contribution < 1.29 is 39.2 Å². The van der Waals surface area contributed by atoms with Gasteiger partial charge in [-0.2, -0.15) is 0 Å². The molecule has 15 heavy (non-hydrogen) atoms. The average Bonchev–Trinajstić information content (AvgIpc) is 2.18. The zero-order valence-corrected chi connectivity index (χ0v) is 8.27. The molecule has 1 saturated carbocycles. The van der Waals surface area contributed by atoms with Crippen molar-refractivity contribution in [2.75, 3.05) is 0 Å². The van der Waals surface area contributed by atoms with E-state index in [-0.39, 0.29) is 0 Å². The molecule has 0 amide bonds. The normalized spacial score (nSPS) is 46.5. The molecule has 4 unspecified atom stereocenters. The second kappa shape index (κ2) is 4.67. The van der Waals surface area contributed by atoms with Crippen LogP contribution in [-0.2, 0) is 13.7 Å². The van der Waals surface area contributed by atoms with Crippen molar-refractivity contribution in [1.82, 2.24) is 0 Å². The van der Waals surface area contributed by atoms with Crippen LogP contribution in [0.3, 0.4) is 0 Å². The number of hydrogen-bond acceptors (Lipinski definition) is 8. The summed E-state index contributed by atoms with van der Waals surface area (Å²) < 4.78 is 24.6. The lowest BCUT2D eigenvalue weighted by atomic mass is 9.85. The summed E-state index contributed by atoms with van der Waals surface area (Å²) >= 11 is 0. The Kier molecular flexibility index (Phi) is 3.96. The predicted octanol–water partition coefficient (Wildman–Crippen LogP) is -2.72. The van der Waals surface area contributed by atoms with E-state index in [0.29, 0.717) is 0 Å². The van der Waals surface area contributed by atoms with Gasteiger partial charge in [0.15, 0.2) is 0 Å². The Bertz CT molecular complexity index is 267. The Morgan fingerprint density at radius 1 is 0.733 bits per heavy atom. The molecule has 0 aromatic heterocycles. The monoisotopic (exact) mass is 242 g/mol. The van der Waals surface area contributed by atoms with Crippen molar-refractivity contribution in [3.8, 4) is 0 Å². The number of rotatable bonds is 2. The molecule has 0 aromatic carbocycles. The standard InChI is InChI=1S/C6H11O8P/c7-1-2(8)4(10)6(14-15(12)13)5(11)3(1)9/h1-11H/t1?,2-,3?,4?,5+,6?/m1/s1. The Morgan fingerprint density at radius 3 is 1.40 bits per heavy atom. The van der Waals surface area contributed by atoms with E-state index in [2.05, 4.69) is 4.52 Å². The van der Waals surface area contributed by atoms with Gasteiger partial charge in [-0.15, -0.1) is 0 Å². The van der Waals surface area contributed by atoms with Gasteiger partial charge in [0.2, 0.25) is 0 Å². The molecule has 0 aliphatic heterocycles. The summed E-state index contributed by atoms with van der Waals surface area (Å²) in [5, 5.41) is 46.0. The maximum absolute atomic E-state index is 10.2. The molecule has 1 aliphatic carbocycles. The van der Waals surface area contributed by atoms with Gasteiger partial charge in [-0.3, -0.25) is 4.52 Å². The van der Waals surface area contributed by atoms with E-state index in [1.165, 1.54) is 0 Å². The van der Waals surface area contributed by atoms with Crippen molar-refractivity contribution in [2.45, 2.75) is 36.6 Å². The van der Waals surface area contributed by atoms with E-state index >= 15 is 0 Å². The minimum absolute atomic E-state index is 1.69. The summed E-state index contributed by atoms with van der Waals surface area (Å²) in [5.74, 6) is 0. The Hall–Kier alpha value is -0.340. The van der Waals surface area contributed by atoms with Gasteiger partial charge < -0.3 is 25.5 Å². The maximum Gasteiger partial charge on any atom is 0.468 e. The lowest BCUT2D eigenvalue weighted by Gasteiger charge is -2.40. The first-order valence-electron chi connectivity index (χ1n) is 4.07. The zero-order chi connectivity index (χ0) is 11.7. The third kappa shape index (κ3) is 2.43. The quantitative estimate of drug-likeness (QED) is 0.328. The van der Waals surface area contributed by atoms with Crippen LogP contribution in [0.15, 0.2) is 0 Å². The van der Waals surface area contributed by atoms with Gasteiger partial charge in [0.05, 0.1) is 0 Å². The molecule has 1 aliphatic rings. The molecular formula is C6H11O8P. The molecule has 1 fully saturated rings. The molecule has 0 spiro atoms. The first-order valence-corrected chi connectivity index (χ1v) is 5.17. The van der Waals surface area contributed by atoms with Crippen LogP contribution in [0.25, 0.3) is 0 Å². The van der Waals surface area contributed by atoms with Crippen molar-refractivity contribution in [2.24, 2.45) is 0 Å². The molecule has 0 heterocycles. The largest absolute Gasteiger partial charge is 0.468 e. The van der Waals surface area contributed by atoms with Crippen LogP contribution >= 0.6 is 7.91 Å². The highest BCUT2D eigenvalue weighted by Crippen LogP contribution is 2.27. The van der Waals surface area contributed by atoms with Crippen molar-refractivity contribution in [3.05, 3.63) is 0 Å². The van der Waals surface area contributed by atoms with E-state index < -0.39 is 44.5 Å². The molecule has 5 N–H and O–H groups in total. The molecule has 8 nitrogen and oxygen atoms in total. The highest BCUT2D eigenvalue weighted by molar-refractivity contribution is 7.24. The van der Waals surface area contributed by atoms with Gasteiger partial charge in [-0.1, -0.05) is 0 Å². The maximum atomic E-state index is 10.2. The van der Waals surface area contributed by atoms with Crippen molar-refractivity contribution in [1.29, 1.82) is 0 Å². The van der Waals surface area contributed by atoms with Gasteiger partial charge in [0.25, 0.3) is 0 Å². The molecule has 0 bridgehead atoms. The lowest BCUT2D eigenvalue weighted by Crippen LogP contribution is -2.63. The Balaban J connectivity index is 2.86. The topological polar surface area (TPSA) is 145 Å². The fourth-order valence-corrected chi connectivity index (χ4v) is 1.87. The van der Waals surface area contributed by atoms with Crippen LogP contribution in [0.1, 0.15) is 0 Å².